The Kier molecular flexibility index (Phi) is 4.73. The molecule has 0 radical (unpaired) electrons. The van der Waals surface area contributed by atoms with Crippen LogP contribution in [-0.4, -0.2) is 35.3 Å². The van der Waals surface area contributed by atoms with Crippen LogP contribution in [-0.2, 0) is 9.59 Å². The molecular weight excluding hydrogens is 216 g/mol. The molecule has 0 aromatic rings. The van der Waals surface area contributed by atoms with Crippen molar-refractivity contribution < 1.29 is 9.59 Å². The zero-order chi connectivity index (χ0) is 13.0. The molecule has 0 aromatic heterocycles. The average Bonchev–Trinajstić information content (AvgIpc) is 2.29. The highest BCUT2D eigenvalue weighted by molar-refractivity contribution is 5.96. The fourth-order valence-corrected chi connectivity index (χ4v) is 2.01. The van der Waals surface area contributed by atoms with Gasteiger partial charge in [0, 0.05) is 6.54 Å². The fourth-order valence-electron chi connectivity index (χ4n) is 2.01. The zero-order valence-electron chi connectivity index (χ0n) is 11.1. The summed E-state index contributed by atoms with van der Waals surface area (Å²) in [5, 5.41) is 2.78. The third-order valence-electron chi connectivity index (χ3n) is 3.07. The number of hydrogen-bond acceptors (Lipinski definition) is 2. The van der Waals surface area contributed by atoms with Gasteiger partial charge in [-0.05, 0) is 26.7 Å². The van der Waals surface area contributed by atoms with Crippen molar-refractivity contribution in [3.63, 3.8) is 0 Å². The van der Waals surface area contributed by atoms with E-state index >= 15 is 0 Å². The Labute approximate surface area is 103 Å². The first-order valence-electron chi connectivity index (χ1n) is 6.25. The van der Waals surface area contributed by atoms with Crippen LogP contribution < -0.4 is 5.32 Å². The second kappa shape index (κ2) is 5.84. The largest absolute Gasteiger partial charge is 0.343 e. The topological polar surface area (TPSA) is 49.4 Å². The molecule has 1 heterocycles. The van der Waals surface area contributed by atoms with E-state index in [9.17, 15) is 9.59 Å². The molecular formula is C13H22N2O2. The summed E-state index contributed by atoms with van der Waals surface area (Å²) in [5.41, 5.74) is 1.16. The van der Waals surface area contributed by atoms with Gasteiger partial charge in [-0.2, -0.15) is 0 Å². The maximum absolute atomic E-state index is 12.2. The molecule has 1 saturated heterocycles. The fraction of sp³-hybridized carbons (Fsp3) is 0.692. The molecule has 0 spiro atoms. The summed E-state index contributed by atoms with van der Waals surface area (Å²) in [6.07, 6.45) is 3.29. The SMILES string of the molecule is CCC1NC(=O)C(CC)N(CC=C(C)C)C1=O. The van der Waals surface area contributed by atoms with Gasteiger partial charge in [0.1, 0.15) is 12.1 Å². The number of nitrogens with zero attached hydrogens (tertiary/aromatic N) is 1. The highest BCUT2D eigenvalue weighted by Gasteiger charge is 2.37. The summed E-state index contributed by atoms with van der Waals surface area (Å²) in [6, 6.07) is -0.670. The molecule has 0 aromatic carbocycles. The maximum Gasteiger partial charge on any atom is 0.246 e. The molecule has 1 N–H and O–H groups in total. The Morgan fingerprint density at radius 3 is 2.41 bits per heavy atom. The smallest absolute Gasteiger partial charge is 0.246 e. The second-order valence-corrected chi connectivity index (χ2v) is 4.67. The van der Waals surface area contributed by atoms with Crippen LogP contribution in [0.25, 0.3) is 0 Å². The van der Waals surface area contributed by atoms with Gasteiger partial charge in [-0.25, -0.2) is 0 Å². The van der Waals surface area contributed by atoms with Crippen molar-refractivity contribution in [1.29, 1.82) is 0 Å². The van der Waals surface area contributed by atoms with Crippen molar-refractivity contribution in [3.8, 4) is 0 Å². The Balaban J connectivity index is 2.88. The van der Waals surface area contributed by atoms with E-state index in [1.54, 1.807) is 4.90 Å². The predicted molar refractivity (Wildman–Crippen MR) is 67.4 cm³/mol. The highest BCUT2D eigenvalue weighted by Crippen LogP contribution is 2.15. The molecule has 2 amide bonds. The van der Waals surface area contributed by atoms with E-state index in [0.29, 0.717) is 19.4 Å². The van der Waals surface area contributed by atoms with E-state index in [2.05, 4.69) is 5.32 Å². The lowest BCUT2D eigenvalue weighted by Gasteiger charge is -2.38. The first-order chi connectivity index (χ1) is 8.01. The van der Waals surface area contributed by atoms with Gasteiger partial charge < -0.3 is 10.2 Å². The van der Waals surface area contributed by atoms with E-state index in [1.807, 2.05) is 33.8 Å². The Morgan fingerprint density at radius 1 is 1.29 bits per heavy atom. The van der Waals surface area contributed by atoms with Crippen LogP contribution in [0.15, 0.2) is 11.6 Å². The van der Waals surface area contributed by atoms with Gasteiger partial charge in [0.25, 0.3) is 0 Å². The molecule has 2 atom stereocenters. The number of amides is 2. The van der Waals surface area contributed by atoms with Crippen molar-refractivity contribution in [2.75, 3.05) is 6.54 Å². The number of allylic oxidation sites excluding steroid dienone is 1. The molecule has 0 aliphatic carbocycles. The normalized spacial score (nSPS) is 24.6. The van der Waals surface area contributed by atoms with Crippen molar-refractivity contribution in [2.45, 2.75) is 52.6 Å². The average molecular weight is 238 g/mol. The van der Waals surface area contributed by atoms with Gasteiger partial charge in [-0.1, -0.05) is 25.5 Å². The minimum Gasteiger partial charge on any atom is -0.343 e. The first-order valence-corrected chi connectivity index (χ1v) is 6.25. The molecule has 0 saturated carbocycles. The second-order valence-electron chi connectivity index (χ2n) is 4.67. The zero-order valence-corrected chi connectivity index (χ0v) is 11.1. The van der Waals surface area contributed by atoms with Crippen LogP contribution in [0.3, 0.4) is 0 Å². The molecule has 96 valence electrons. The number of piperazine rings is 1. The molecule has 4 heteroatoms. The maximum atomic E-state index is 12.2. The predicted octanol–water partition coefficient (Wildman–Crippen LogP) is 1.47. The summed E-state index contributed by atoms with van der Waals surface area (Å²) in [7, 11) is 0. The molecule has 1 aliphatic heterocycles. The van der Waals surface area contributed by atoms with Gasteiger partial charge in [-0.15, -0.1) is 0 Å². The molecule has 2 unspecified atom stereocenters. The Bertz CT molecular complexity index is 332. The van der Waals surface area contributed by atoms with Crippen molar-refractivity contribution >= 4 is 11.8 Å². The summed E-state index contributed by atoms with van der Waals surface area (Å²) in [6.45, 7) is 8.36. The summed E-state index contributed by atoms with van der Waals surface area (Å²) in [4.78, 5) is 25.7. The number of hydrogen-bond donors (Lipinski definition) is 1. The third kappa shape index (κ3) is 3.08. The highest BCUT2D eigenvalue weighted by atomic mass is 16.2. The molecule has 17 heavy (non-hydrogen) atoms. The van der Waals surface area contributed by atoms with Crippen LogP contribution in [0.5, 0.6) is 0 Å². The Hall–Kier alpha value is -1.32. The minimum absolute atomic E-state index is 0.0268. The monoisotopic (exact) mass is 238 g/mol. The molecule has 1 fully saturated rings. The van der Waals surface area contributed by atoms with Crippen LogP contribution in [0.2, 0.25) is 0 Å². The van der Waals surface area contributed by atoms with Crippen LogP contribution in [0, 0.1) is 0 Å². The number of carbonyl (C=O) groups is 2. The molecule has 1 rings (SSSR count). The summed E-state index contributed by atoms with van der Waals surface area (Å²) >= 11 is 0. The van der Waals surface area contributed by atoms with Gasteiger partial charge in [0.2, 0.25) is 11.8 Å². The van der Waals surface area contributed by atoms with E-state index < -0.39 is 0 Å². The van der Waals surface area contributed by atoms with Crippen molar-refractivity contribution in [3.05, 3.63) is 11.6 Å². The van der Waals surface area contributed by atoms with Crippen LogP contribution in [0.4, 0.5) is 0 Å². The lowest BCUT2D eigenvalue weighted by molar-refractivity contribution is -0.148. The van der Waals surface area contributed by atoms with Crippen molar-refractivity contribution in [2.24, 2.45) is 0 Å². The number of nitrogens with one attached hydrogen (secondary N) is 1. The summed E-state index contributed by atoms with van der Waals surface area (Å²) < 4.78 is 0. The van der Waals surface area contributed by atoms with Gasteiger partial charge in [0.15, 0.2) is 0 Å². The third-order valence-corrected chi connectivity index (χ3v) is 3.07. The van der Waals surface area contributed by atoms with E-state index in [4.69, 9.17) is 0 Å². The van der Waals surface area contributed by atoms with E-state index in [0.717, 1.165) is 5.57 Å². The molecule has 4 nitrogen and oxygen atoms in total. The Morgan fingerprint density at radius 2 is 1.94 bits per heavy atom. The molecule has 1 aliphatic rings. The van der Waals surface area contributed by atoms with Gasteiger partial charge >= 0.3 is 0 Å². The molecule has 0 bridgehead atoms. The first kappa shape index (κ1) is 13.7. The van der Waals surface area contributed by atoms with Crippen LogP contribution in [0.1, 0.15) is 40.5 Å². The summed E-state index contributed by atoms with van der Waals surface area (Å²) in [5.74, 6) is 0.0116. The number of rotatable bonds is 4. The number of carbonyl (C=O) groups excluding carboxylic acids is 2. The quantitative estimate of drug-likeness (QED) is 0.754. The van der Waals surface area contributed by atoms with Gasteiger partial charge in [-0.3, -0.25) is 9.59 Å². The minimum atomic E-state index is -0.351. The standard InChI is InChI=1S/C13H22N2O2/c1-5-10-13(17)15(8-7-9(3)4)11(6-2)12(16)14-10/h7,10-11H,5-6,8H2,1-4H3,(H,14,16). The van der Waals surface area contributed by atoms with E-state index in [1.165, 1.54) is 0 Å². The van der Waals surface area contributed by atoms with Gasteiger partial charge in [0.05, 0.1) is 0 Å². The lowest BCUT2D eigenvalue weighted by atomic mass is 10.0. The lowest BCUT2D eigenvalue weighted by Crippen LogP contribution is -2.62. The van der Waals surface area contributed by atoms with E-state index in [-0.39, 0.29) is 23.9 Å². The van der Waals surface area contributed by atoms with Crippen LogP contribution >= 0.6 is 0 Å². The van der Waals surface area contributed by atoms with Crippen molar-refractivity contribution in [1.82, 2.24) is 10.2 Å².